The van der Waals surface area contributed by atoms with Crippen LogP contribution in [0.1, 0.15) is 44.1 Å². The van der Waals surface area contributed by atoms with E-state index in [4.69, 9.17) is 11.0 Å². The number of aromatic nitrogens is 2. The minimum absolute atomic E-state index is 0.538. The molecule has 2 aromatic rings. The average molecular weight is 430 g/mol. The molecule has 0 bridgehead atoms. The second kappa shape index (κ2) is 11.8. The molecule has 1 aliphatic heterocycles. The molecule has 154 valence electrons. The predicted molar refractivity (Wildman–Crippen MR) is 124 cm³/mol. The van der Waals surface area contributed by atoms with Gasteiger partial charge in [-0.05, 0) is 48.9 Å². The van der Waals surface area contributed by atoms with Gasteiger partial charge in [-0.1, -0.05) is 30.4 Å². The predicted octanol–water partition coefficient (Wildman–Crippen LogP) is 3.40. The molecule has 1 aliphatic rings. The number of nitrogens with zero attached hydrogens (tertiary/aromatic N) is 5. The molecule has 1 fully saturated rings. The van der Waals surface area contributed by atoms with Crippen LogP contribution in [0.3, 0.4) is 0 Å². The largest absolute Gasteiger partial charge is 0.401 e. The van der Waals surface area contributed by atoms with Crippen LogP contribution >= 0.6 is 11.3 Å². The van der Waals surface area contributed by atoms with Crippen molar-refractivity contribution >= 4 is 38.9 Å². The number of benzene rings is 1. The highest BCUT2D eigenvalue weighted by atomic mass is 32.2. The summed E-state index contributed by atoms with van der Waals surface area (Å²) in [4.78, 5) is 4.96. The van der Waals surface area contributed by atoms with E-state index < -0.39 is 0 Å². The lowest BCUT2D eigenvalue weighted by Crippen LogP contribution is -2.46. The van der Waals surface area contributed by atoms with Gasteiger partial charge in [-0.2, -0.15) is 5.26 Å². The normalized spacial score (nSPS) is 15.1. The first-order chi connectivity index (χ1) is 14.2. The number of nitrogens with two attached hydrogens (primary N) is 1. The van der Waals surface area contributed by atoms with Crippen molar-refractivity contribution in [2.75, 3.05) is 43.4 Å². The minimum atomic E-state index is 0.538. The van der Waals surface area contributed by atoms with Crippen LogP contribution in [-0.4, -0.2) is 53.2 Å². The molecule has 0 spiro atoms. The van der Waals surface area contributed by atoms with E-state index >= 15 is 0 Å². The third kappa shape index (κ3) is 7.35. The zero-order valence-electron chi connectivity index (χ0n) is 16.8. The van der Waals surface area contributed by atoms with Crippen LogP contribution in [0.2, 0.25) is 0 Å². The van der Waals surface area contributed by atoms with E-state index in [9.17, 15) is 0 Å². The Balaban J connectivity index is 1.21. The van der Waals surface area contributed by atoms with Crippen molar-refractivity contribution in [1.29, 1.82) is 5.26 Å². The molecule has 0 saturated carbocycles. The maximum absolute atomic E-state index is 9.06. The second-order valence-corrected chi connectivity index (χ2v) is 9.46. The average Bonchev–Trinajstić information content (AvgIpc) is 3.18. The van der Waals surface area contributed by atoms with Gasteiger partial charge in [-0.25, -0.2) is 0 Å². The molecular formula is C21H29N6S2+. The third-order valence-electron chi connectivity index (χ3n) is 5.12. The molecule has 3 rings (SSSR count). The molecule has 1 saturated heterocycles. The van der Waals surface area contributed by atoms with Crippen molar-refractivity contribution in [3.8, 4) is 6.07 Å². The molecule has 29 heavy (non-hydrogen) atoms. The zero-order chi connectivity index (χ0) is 20.3. The number of hydrogen-bond donors (Lipinski definition) is 1. The molecule has 1 aromatic carbocycles. The van der Waals surface area contributed by atoms with Crippen molar-refractivity contribution in [2.45, 2.75) is 42.9 Å². The summed E-state index contributed by atoms with van der Waals surface area (Å²) in [6.07, 6.45) is 7.54. The van der Waals surface area contributed by atoms with Crippen molar-refractivity contribution in [2.24, 2.45) is 0 Å². The van der Waals surface area contributed by atoms with Crippen LogP contribution in [0, 0.1) is 11.3 Å². The van der Waals surface area contributed by atoms with Gasteiger partial charge in [0.05, 0.1) is 11.6 Å². The first-order valence-electron chi connectivity index (χ1n) is 10.3. The fourth-order valence-corrected chi connectivity index (χ4v) is 5.00. The molecule has 2 heterocycles. The molecular weight excluding hydrogens is 400 g/mol. The number of hydrogen-bond acceptors (Lipinski definition) is 7. The Morgan fingerprint density at radius 2 is 1.90 bits per heavy atom. The fraction of sp³-hybridized carbons (Fsp3) is 0.524. The molecule has 0 amide bonds. The maximum Gasteiger partial charge on any atom is 0.401 e. The van der Waals surface area contributed by atoms with Crippen LogP contribution in [0.4, 0.5) is 10.8 Å². The van der Waals surface area contributed by atoms with Gasteiger partial charge in [-0.3, -0.25) is 4.90 Å². The molecule has 8 heteroatoms. The number of rotatable bonds is 10. The Morgan fingerprint density at radius 3 is 2.66 bits per heavy atom. The summed E-state index contributed by atoms with van der Waals surface area (Å²) in [6, 6.07) is 10.2. The Bertz CT molecular complexity index is 821. The highest BCUT2D eigenvalue weighted by Gasteiger charge is 2.17. The summed E-state index contributed by atoms with van der Waals surface area (Å²) in [5.41, 5.74) is 7.49. The minimum Gasteiger partial charge on any atom is -0.374 e. The summed E-state index contributed by atoms with van der Waals surface area (Å²) in [5.74, 6) is 0. The Morgan fingerprint density at radius 1 is 1.10 bits per heavy atom. The highest BCUT2D eigenvalue weighted by Crippen LogP contribution is 2.18. The molecule has 0 unspecified atom stereocenters. The monoisotopic (exact) mass is 429 g/mol. The first-order valence-corrected chi connectivity index (χ1v) is 12.0. The lowest BCUT2D eigenvalue weighted by molar-refractivity contribution is 0.252. The van der Waals surface area contributed by atoms with Crippen molar-refractivity contribution < 1.29 is 0 Å². The van der Waals surface area contributed by atoms with Gasteiger partial charge in [-0.15, -0.1) is 5.10 Å². The number of anilines is 2. The summed E-state index contributed by atoms with van der Waals surface area (Å²) >= 11 is 3.09. The summed E-state index contributed by atoms with van der Waals surface area (Å²) in [6.45, 7) is 5.51. The SMILES string of the molecule is N#Cc1cccc(N2CCN(CCCCCCCC=[S+]c3nnc(N)s3)CC2)c1. The summed E-state index contributed by atoms with van der Waals surface area (Å²) in [5, 5.41) is 19.6. The topological polar surface area (TPSA) is 82.1 Å². The van der Waals surface area contributed by atoms with E-state index in [1.165, 1.54) is 55.7 Å². The van der Waals surface area contributed by atoms with Crippen molar-refractivity contribution in [3.63, 3.8) is 0 Å². The van der Waals surface area contributed by atoms with E-state index in [1.807, 2.05) is 18.2 Å². The lowest BCUT2D eigenvalue weighted by atomic mass is 10.1. The standard InChI is InChI=1S/C21H29N6S2/c22-17-18-8-7-9-19(16-18)27-13-11-26(12-14-27)10-5-3-1-2-4-6-15-28-21-25-24-20(23)29-21/h7-9,15-16H,1-6,10-14H2,(H2,23,24)/q+1. The van der Waals surface area contributed by atoms with Gasteiger partial charge < -0.3 is 10.6 Å². The highest BCUT2D eigenvalue weighted by molar-refractivity contribution is 7.79. The van der Waals surface area contributed by atoms with Crippen LogP contribution in [0.5, 0.6) is 0 Å². The second-order valence-electron chi connectivity index (χ2n) is 7.24. The molecule has 1 aromatic heterocycles. The molecule has 2 N–H and O–H groups in total. The Hall–Kier alpha value is -2.08. The lowest BCUT2D eigenvalue weighted by Gasteiger charge is -2.36. The number of nitriles is 1. The van der Waals surface area contributed by atoms with Crippen LogP contribution in [-0.2, 0) is 11.4 Å². The van der Waals surface area contributed by atoms with Crippen molar-refractivity contribution in [3.05, 3.63) is 29.8 Å². The number of nitrogen functional groups attached to an aromatic ring is 1. The van der Waals surface area contributed by atoms with E-state index in [0.29, 0.717) is 5.13 Å². The van der Waals surface area contributed by atoms with Crippen LogP contribution < -0.4 is 10.6 Å². The van der Waals surface area contributed by atoms with E-state index in [0.717, 1.165) is 42.5 Å². The quantitative estimate of drug-likeness (QED) is 0.354. The molecule has 6 nitrogen and oxygen atoms in total. The van der Waals surface area contributed by atoms with Gasteiger partial charge in [0.15, 0.2) is 5.37 Å². The van der Waals surface area contributed by atoms with E-state index in [-0.39, 0.29) is 0 Å². The Kier molecular flexibility index (Phi) is 8.81. The van der Waals surface area contributed by atoms with Gasteiger partial charge in [0.25, 0.3) is 11.4 Å². The van der Waals surface area contributed by atoms with Gasteiger partial charge in [0.2, 0.25) is 5.13 Å². The maximum atomic E-state index is 9.06. The zero-order valence-corrected chi connectivity index (χ0v) is 18.4. The summed E-state index contributed by atoms with van der Waals surface area (Å²) in [7, 11) is 0. The first kappa shape index (κ1) is 21.6. The molecule has 0 radical (unpaired) electrons. The fourth-order valence-electron chi connectivity index (χ4n) is 3.49. The van der Waals surface area contributed by atoms with E-state index in [1.54, 1.807) is 11.4 Å². The number of unbranched alkanes of at least 4 members (excludes halogenated alkanes) is 5. The van der Waals surface area contributed by atoms with Crippen LogP contribution in [0.15, 0.2) is 28.6 Å². The van der Waals surface area contributed by atoms with Crippen LogP contribution in [0.25, 0.3) is 0 Å². The van der Waals surface area contributed by atoms with Gasteiger partial charge >= 0.3 is 4.34 Å². The van der Waals surface area contributed by atoms with Gasteiger partial charge in [0.1, 0.15) is 0 Å². The van der Waals surface area contributed by atoms with Crippen molar-refractivity contribution in [1.82, 2.24) is 15.1 Å². The van der Waals surface area contributed by atoms with Gasteiger partial charge in [0, 0.05) is 38.3 Å². The molecule has 0 aliphatic carbocycles. The summed E-state index contributed by atoms with van der Waals surface area (Å²) < 4.78 is 0.931. The third-order valence-corrected chi connectivity index (χ3v) is 6.89. The number of piperazine rings is 1. The Labute approximate surface area is 181 Å². The van der Waals surface area contributed by atoms with E-state index in [2.05, 4.69) is 37.5 Å². The smallest absolute Gasteiger partial charge is 0.374 e. The molecule has 0 atom stereocenters.